The average Bonchev–Trinajstić information content (AvgIpc) is 2.54. The van der Waals surface area contributed by atoms with Crippen LogP contribution < -0.4 is 10.2 Å². The van der Waals surface area contributed by atoms with Crippen LogP contribution in [0.25, 0.3) is 5.70 Å². The van der Waals surface area contributed by atoms with Crippen molar-refractivity contribution in [2.45, 2.75) is 11.8 Å². The number of hydroxylamine groups is 1. The van der Waals surface area contributed by atoms with E-state index >= 15 is 0 Å². The maximum absolute atomic E-state index is 12.2. The zero-order chi connectivity index (χ0) is 17.3. The number of hydrogen-bond acceptors (Lipinski definition) is 5. The largest absolute Gasteiger partial charge is 0.489 e. The molecule has 0 saturated heterocycles. The van der Waals surface area contributed by atoms with Crippen molar-refractivity contribution in [2.75, 3.05) is 6.61 Å². The number of aryl methyl sites for hydroxylation is 1. The molecule has 2 aromatic rings. The van der Waals surface area contributed by atoms with Gasteiger partial charge in [0.05, 0.1) is 20.6 Å². The van der Waals surface area contributed by atoms with Crippen LogP contribution >= 0.6 is 23.2 Å². The predicted octanol–water partition coefficient (Wildman–Crippen LogP) is 3.95. The van der Waals surface area contributed by atoms with Crippen LogP contribution in [0.5, 0.6) is 5.75 Å². The SMILES string of the molecule is Cc1ccc(S(=O)(=O)ONC2=CCOc3cc(Cl)c(Cl)cc32)cc1. The summed E-state index contributed by atoms with van der Waals surface area (Å²) in [6, 6.07) is 9.51. The third-order valence-corrected chi connectivity index (χ3v) is 5.28. The number of nitrogens with one attached hydrogen (secondary N) is 1. The quantitative estimate of drug-likeness (QED) is 0.807. The van der Waals surface area contributed by atoms with Crippen molar-refractivity contribution in [1.82, 2.24) is 5.48 Å². The standard InChI is InChI=1S/C16H13Cl2NO4S/c1-10-2-4-11(5-3-10)24(20,21)23-19-15-6-7-22-16-9-14(18)13(17)8-12(15)16/h2-6,8-9,19H,7H2,1H3. The number of rotatable bonds is 4. The fraction of sp³-hybridized carbons (Fsp3) is 0.125. The molecule has 0 spiro atoms. The lowest BCUT2D eigenvalue weighted by Crippen LogP contribution is -2.22. The van der Waals surface area contributed by atoms with Gasteiger partial charge in [-0.2, -0.15) is 8.42 Å². The third kappa shape index (κ3) is 3.52. The van der Waals surface area contributed by atoms with E-state index in [1.165, 1.54) is 12.1 Å². The Hall–Kier alpha value is -1.73. The highest BCUT2D eigenvalue weighted by Crippen LogP contribution is 2.35. The molecule has 0 amide bonds. The van der Waals surface area contributed by atoms with Crippen LogP contribution in [0, 0.1) is 6.92 Å². The maximum Gasteiger partial charge on any atom is 0.317 e. The van der Waals surface area contributed by atoms with E-state index in [1.807, 2.05) is 6.92 Å². The van der Waals surface area contributed by atoms with Gasteiger partial charge >= 0.3 is 10.1 Å². The molecule has 1 aliphatic heterocycles. The summed E-state index contributed by atoms with van der Waals surface area (Å²) in [7, 11) is -3.95. The van der Waals surface area contributed by atoms with Crippen molar-refractivity contribution in [3.05, 3.63) is 63.6 Å². The van der Waals surface area contributed by atoms with Gasteiger partial charge in [0, 0.05) is 11.6 Å². The molecule has 3 rings (SSSR count). The second kappa shape index (κ2) is 6.64. The molecule has 24 heavy (non-hydrogen) atoms. The predicted molar refractivity (Wildman–Crippen MR) is 92.5 cm³/mol. The van der Waals surface area contributed by atoms with E-state index in [4.69, 9.17) is 32.2 Å². The first-order chi connectivity index (χ1) is 11.4. The number of halogens is 2. The molecule has 1 N–H and O–H groups in total. The van der Waals surface area contributed by atoms with Crippen molar-refractivity contribution >= 4 is 39.0 Å². The Morgan fingerprint density at radius 1 is 1.12 bits per heavy atom. The van der Waals surface area contributed by atoms with Crippen molar-refractivity contribution in [3.8, 4) is 5.75 Å². The Labute approximate surface area is 149 Å². The van der Waals surface area contributed by atoms with Crippen LogP contribution in [0.1, 0.15) is 11.1 Å². The highest BCUT2D eigenvalue weighted by molar-refractivity contribution is 7.86. The molecule has 2 aromatic carbocycles. The van der Waals surface area contributed by atoms with E-state index in [-0.39, 0.29) is 11.5 Å². The normalized spacial score (nSPS) is 13.7. The van der Waals surface area contributed by atoms with Crippen LogP contribution in [0.4, 0.5) is 0 Å². The zero-order valence-electron chi connectivity index (χ0n) is 12.5. The minimum absolute atomic E-state index is 0.0580. The van der Waals surface area contributed by atoms with Crippen molar-refractivity contribution in [3.63, 3.8) is 0 Å². The van der Waals surface area contributed by atoms with Gasteiger partial charge in [-0.05, 0) is 31.2 Å². The lowest BCUT2D eigenvalue weighted by molar-refractivity contribution is 0.254. The van der Waals surface area contributed by atoms with Crippen LogP contribution in [0.2, 0.25) is 10.0 Å². The van der Waals surface area contributed by atoms with Crippen LogP contribution in [-0.4, -0.2) is 15.0 Å². The number of fused-ring (bicyclic) bond motifs is 1. The third-order valence-electron chi connectivity index (χ3n) is 3.41. The molecule has 8 heteroatoms. The van der Waals surface area contributed by atoms with Gasteiger partial charge in [0.25, 0.3) is 0 Å². The lowest BCUT2D eigenvalue weighted by Gasteiger charge is -2.20. The topological polar surface area (TPSA) is 64.6 Å². The van der Waals surface area contributed by atoms with Gasteiger partial charge in [-0.25, -0.2) is 5.48 Å². The van der Waals surface area contributed by atoms with Crippen LogP contribution in [-0.2, 0) is 14.4 Å². The second-order valence-corrected chi connectivity index (χ2v) is 7.50. The lowest BCUT2D eigenvalue weighted by atomic mass is 10.1. The van der Waals surface area contributed by atoms with E-state index in [2.05, 4.69) is 5.48 Å². The monoisotopic (exact) mass is 385 g/mol. The van der Waals surface area contributed by atoms with Gasteiger partial charge < -0.3 is 4.74 Å². The van der Waals surface area contributed by atoms with Gasteiger partial charge in [0.15, 0.2) is 0 Å². The van der Waals surface area contributed by atoms with Gasteiger partial charge in [-0.1, -0.05) is 40.9 Å². The summed E-state index contributed by atoms with van der Waals surface area (Å²) in [6.45, 7) is 2.12. The Balaban J connectivity index is 1.82. The second-order valence-electron chi connectivity index (χ2n) is 5.14. The molecule has 0 saturated carbocycles. The number of benzene rings is 2. The fourth-order valence-electron chi connectivity index (χ4n) is 2.13. The first kappa shape index (κ1) is 17.1. The van der Waals surface area contributed by atoms with Crippen LogP contribution in [0.15, 0.2) is 47.4 Å². The Kier molecular flexibility index (Phi) is 4.73. The Bertz CT molecular complexity index is 908. The molecule has 1 aliphatic rings. The molecule has 126 valence electrons. The summed E-state index contributed by atoms with van der Waals surface area (Å²) in [4.78, 5) is 0.0580. The van der Waals surface area contributed by atoms with Gasteiger partial charge in [-0.3, -0.25) is 0 Å². The summed E-state index contributed by atoms with van der Waals surface area (Å²) in [5.74, 6) is 0.491. The first-order valence-electron chi connectivity index (χ1n) is 6.95. The molecule has 1 heterocycles. The maximum atomic E-state index is 12.2. The average molecular weight is 386 g/mol. The first-order valence-corrected chi connectivity index (χ1v) is 9.12. The molecule has 0 fully saturated rings. The minimum atomic E-state index is -3.95. The van der Waals surface area contributed by atoms with E-state index in [1.54, 1.807) is 30.3 Å². The van der Waals surface area contributed by atoms with E-state index in [0.717, 1.165) is 5.56 Å². The van der Waals surface area contributed by atoms with Crippen LogP contribution in [0.3, 0.4) is 0 Å². The zero-order valence-corrected chi connectivity index (χ0v) is 14.9. The van der Waals surface area contributed by atoms with Crippen molar-refractivity contribution < 1.29 is 17.4 Å². The highest BCUT2D eigenvalue weighted by Gasteiger charge is 2.20. The van der Waals surface area contributed by atoms with E-state index in [9.17, 15) is 8.42 Å². The Morgan fingerprint density at radius 3 is 2.50 bits per heavy atom. The number of hydrogen-bond donors (Lipinski definition) is 1. The molecule has 0 aliphatic carbocycles. The molecule has 0 radical (unpaired) electrons. The summed E-state index contributed by atoms with van der Waals surface area (Å²) in [5.41, 5.74) is 4.42. The summed E-state index contributed by atoms with van der Waals surface area (Å²) >= 11 is 12.0. The fourth-order valence-corrected chi connectivity index (χ4v) is 3.22. The molecule has 0 atom stereocenters. The van der Waals surface area contributed by atoms with Gasteiger partial charge in [0.1, 0.15) is 12.4 Å². The smallest absolute Gasteiger partial charge is 0.317 e. The Morgan fingerprint density at radius 2 is 1.79 bits per heavy atom. The molecular weight excluding hydrogens is 373 g/mol. The van der Waals surface area contributed by atoms with E-state index < -0.39 is 10.1 Å². The van der Waals surface area contributed by atoms with Crippen molar-refractivity contribution in [2.24, 2.45) is 0 Å². The molecule has 0 aromatic heterocycles. The van der Waals surface area contributed by atoms with Crippen molar-refractivity contribution in [1.29, 1.82) is 0 Å². The molecular formula is C16H13Cl2NO4S. The summed E-state index contributed by atoms with van der Waals surface area (Å²) < 4.78 is 34.9. The minimum Gasteiger partial charge on any atom is -0.489 e. The number of ether oxygens (including phenoxy) is 1. The van der Waals surface area contributed by atoms with E-state index in [0.29, 0.717) is 27.1 Å². The summed E-state index contributed by atoms with van der Waals surface area (Å²) in [5, 5.41) is 0.680. The highest BCUT2D eigenvalue weighted by atomic mass is 35.5. The van der Waals surface area contributed by atoms with Gasteiger partial charge in [0.2, 0.25) is 0 Å². The molecule has 0 bridgehead atoms. The van der Waals surface area contributed by atoms with Gasteiger partial charge in [-0.15, -0.1) is 4.28 Å². The summed E-state index contributed by atoms with van der Waals surface area (Å²) in [6.07, 6.45) is 1.65. The molecule has 5 nitrogen and oxygen atoms in total. The molecule has 0 unspecified atom stereocenters.